The van der Waals surface area contributed by atoms with E-state index in [1.165, 1.54) is 6.07 Å². The van der Waals surface area contributed by atoms with Crippen LogP contribution in [-0.4, -0.2) is 55.9 Å². The van der Waals surface area contributed by atoms with Gasteiger partial charge in [0.25, 0.3) is 0 Å². The molecule has 154 valence electrons. The van der Waals surface area contributed by atoms with E-state index in [1.54, 1.807) is 10.9 Å². The molecule has 0 unspecified atom stereocenters. The molecule has 2 N–H and O–H groups in total. The van der Waals surface area contributed by atoms with E-state index in [2.05, 4.69) is 32.4 Å². The number of phenolic OH excluding ortho intramolecular Hbond substituents is 1. The average molecular weight is 406 g/mol. The number of aromatic nitrogens is 4. The average Bonchev–Trinajstić information content (AvgIpc) is 3.04. The SMILES string of the molecule is CN1CCC[C@@H](Nc2nnc(-c3ccc(C(F)(F)F)cc3O)c3ncn(C)c23)C1. The highest BCUT2D eigenvalue weighted by Gasteiger charge is 2.31. The van der Waals surface area contributed by atoms with Crippen LogP contribution in [-0.2, 0) is 13.2 Å². The third-order valence-corrected chi connectivity index (χ3v) is 5.18. The first-order chi connectivity index (χ1) is 13.7. The monoisotopic (exact) mass is 406 g/mol. The molecule has 0 bridgehead atoms. The van der Waals surface area contributed by atoms with E-state index < -0.39 is 17.5 Å². The van der Waals surface area contributed by atoms with Crippen LogP contribution >= 0.6 is 0 Å². The van der Waals surface area contributed by atoms with Crippen LogP contribution in [0.2, 0.25) is 0 Å². The van der Waals surface area contributed by atoms with Crippen molar-refractivity contribution in [3.63, 3.8) is 0 Å². The quantitative estimate of drug-likeness (QED) is 0.695. The fourth-order valence-electron chi connectivity index (χ4n) is 3.74. The number of likely N-dealkylation sites (N-methyl/N-ethyl adjacent to an activating group) is 1. The largest absolute Gasteiger partial charge is 0.507 e. The summed E-state index contributed by atoms with van der Waals surface area (Å²) >= 11 is 0. The predicted molar refractivity (Wildman–Crippen MR) is 103 cm³/mol. The standard InChI is InChI=1S/C19H21F3N6O/c1-27-7-3-4-12(9-27)24-18-17-16(23-10-28(17)2)15(25-26-18)13-6-5-11(8-14(13)29)19(20,21)22/h5-6,8,10,12,29H,3-4,7,9H2,1-2H3,(H,24,26)/t12-/m1/s1. The fraction of sp³-hybridized carbons (Fsp3) is 0.421. The van der Waals surface area contributed by atoms with Crippen molar-refractivity contribution in [2.24, 2.45) is 7.05 Å². The molecule has 3 aromatic rings. The summed E-state index contributed by atoms with van der Waals surface area (Å²) in [6.07, 6.45) is -0.861. The van der Waals surface area contributed by atoms with Crippen LogP contribution < -0.4 is 5.32 Å². The van der Waals surface area contributed by atoms with E-state index in [4.69, 9.17) is 0 Å². The maximum absolute atomic E-state index is 12.9. The number of nitrogens with zero attached hydrogens (tertiary/aromatic N) is 5. The number of anilines is 1. The predicted octanol–water partition coefficient (Wildman–Crippen LogP) is 3.26. The van der Waals surface area contributed by atoms with Gasteiger partial charge in [-0.25, -0.2) is 4.98 Å². The van der Waals surface area contributed by atoms with E-state index in [0.29, 0.717) is 22.9 Å². The van der Waals surface area contributed by atoms with Crippen LogP contribution in [0.15, 0.2) is 24.5 Å². The number of aromatic hydroxyl groups is 1. The number of phenols is 1. The second-order valence-corrected chi connectivity index (χ2v) is 7.43. The minimum absolute atomic E-state index is 0.151. The summed E-state index contributed by atoms with van der Waals surface area (Å²) in [4.78, 5) is 6.59. The highest BCUT2D eigenvalue weighted by Crippen LogP contribution is 2.38. The van der Waals surface area contributed by atoms with Crippen LogP contribution in [0.5, 0.6) is 5.75 Å². The van der Waals surface area contributed by atoms with Crippen molar-refractivity contribution in [2.45, 2.75) is 25.1 Å². The lowest BCUT2D eigenvalue weighted by atomic mass is 10.1. The molecule has 29 heavy (non-hydrogen) atoms. The number of piperidine rings is 1. The lowest BCUT2D eigenvalue weighted by Crippen LogP contribution is -2.40. The molecular weight excluding hydrogens is 385 g/mol. The molecule has 1 atom stereocenters. The Bertz CT molecular complexity index is 1050. The van der Waals surface area contributed by atoms with Crippen LogP contribution in [0.25, 0.3) is 22.3 Å². The van der Waals surface area contributed by atoms with Gasteiger partial charge in [-0.1, -0.05) is 0 Å². The highest BCUT2D eigenvalue weighted by atomic mass is 19.4. The van der Waals surface area contributed by atoms with Crippen molar-refractivity contribution in [1.82, 2.24) is 24.6 Å². The third kappa shape index (κ3) is 3.71. The minimum atomic E-state index is -4.54. The number of fused-ring (bicyclic) bond motifs is 1. The molecule has 0 radical (unpaired) electrons. The number of hydrogen-bond donors (Lipinski definition) is 2. The lowest BCUT2D eigenvalue weighted by Gasteiger charge is -2.30. The number of benzene rings is 1. The van der Waals surface area contributed by atoms with E-state index in [1.807, 2.05) is 7.05 Å². The molecule has 1 aliphatic heterocycles. The van der Waals surface area contributed by atoms with Gasteiger partial charge in [0.1, 0.15) is 22.5 Å². The highest BCUT2D eigenvalue weighted by molar-refractivity contribution is 5.96. The van der Waals surface area contributed by atoms with Crippen LogP contribution in [0.3, 0.4) is 0 Å². The van der Waals surface area contributed by atoms with E-state index in [0.717, 1.165) is 32.0 Å². The topological polar surface area (TPSA) is 79.1 Å². The smallest absolute Gasteiger partial charge is 0.416 e. The number of rotatable bonds is 3. The summed E-state index contributed by atoms with van der Waals surface area (Å²) in [5, 5.41) is 22.1. The molecule has 0 spiro atoms. The molecule has 2 aromatic heterocycles. The van der Waals surface area contributed by atoms with Gasteiger partial charge in [0.05, 0.1) is 11.9 Å². The number of aryl methyl sites for hydroxylation is 1. The van der Waals surface area contributed by atoms with Gasteiger partial charge < -0.3 is 19.9 Å². The zero-order valence-corrected chi connectivity index (χ0v) is 16.0. The molecule has 7 nitrogen and oxygen atoms in total. The molecule has 0 saturated carbocycles. The maximum atomic E-state index is 12.9. The van der Waals surface area contributed by atoms with Crippen molar-refractivity contribution in [3.8, 4) is 17.0 Å². The summed E-state index contributed by atoms with van der Waals surface area (Å²) < 4.78 is 40.5. The molecular formula is C19H21F3N6O. The van der Waals surface area contributed by atoms with Crippen molar-refractivity contribution >= 4 is 16.9 Å². The molecule has 1 saturated heterocycles. The Labute approximate surface area is 165 Å². The van der Waals surface area contributed by atoms with Gasteiger partial charge in [-0.3, -0.25) is 0 Å². The van der Waals surface area contributed by atoms with E-state index >= 15 is 0 Å². The van der Waals surface area contributed by atoms with Gasteiger partial charge in [-0.2, -0.15) is 13.2 Å². The Morgan fingerprint density at radius 2 is 2.00 bits per heavy atom. The molecule has 1 aliphatic rings. The lowest BCUT2D eigenvalue weighted by molar-refractivity contribution is -0.137. The number of hydrogen-bond acceptors (Lipinski definition) is 6. The normalized spacial score (nSPS) is 18.3. The summed E-state index contributed by atoms with van der Waals surface area (Å²) in [6, 6.07) is 3.01. The molecule has 3 heterocycles. The fourth-order valence-corrected chi connectivity index (χ4v) is 3.74. The summed E-state index contributed by atoms with van der Waals surface area (Å²) in [6.45, 7) is 1.93. The Kier molecular flexibility index (Phi) is 4.81. The maximum Gasteiger partial charge on any atom is 0.416 e. The van der Waals surface area contributed by atoms with Gasteiger partial charge in [0, 0.05) is 25.2 Å². The molecule has 1 aromatic carbocycles. The van der Waals surface area contributed by atoms with Crippen LogP contribution in [0.1, 0.15) is 18.4 Å². The third-order valence-electron chi connectivity index (χ3n) is 5.18. The van der Waals surface area contributed by atoms with Gasteiger partial charge >= 0.3 is 6.18 Å². The van der Waals surface area contributed by atoms with Gasteiger partial charge in [0.2, 0.25) is 0 Å². The first-order valence-electron chi connectivity index (χ1n) is 9.27. The summed E-state index contributed by atoms with van der Waals surface area (Å²) in [5.74, 6) is 0.0474. The van der Waals surface area contributed by atoms with Gasteiger partial charge in [-0.05, 0) is 44.6 Å². The molecule has 4 rings (SSSR count). The van der Waals surface area contributed by atoms with Crippen molar-refractivity contribution in [1.29, 1.82) is 0 Å². The number of likely N-dealkylation sites (tertiary alicyclic amines) is 1. The first kappa shape index (κ1) is 19.4. The number of imidazole rings is 1. The Hall–Kier alpha value is -2.88. The number of halogens is 3. The Morgan fingerprint density at radius 1 is 1.21 bits per heavy atom. The second kappa shape index (κ2) is 7.18. The number of nitrogens with one attached hydrogen (secondary N) is 1. The summed E-state index contributed by atoms with van der Waals surface area (Å²) in [5.41, 5.74) is 0.603. The van der Waals surface area contributed by atoms with Gasteiger partial charge in [0.15, 0.2) is 5.82 Å². The molecule has 0 amide bonds. The van der Waals surface area contributed by atoms with Gasteiger partial charge in [-0.15, -0.1) is 10.2 Å². The number of alkyl halides is 3. The van der Waals surface area contributed by atoms with E-state index in [9.17, 15) is 18.3 Å². The van der Waals surface area contributed by atoms with E-state index in [-0.39, 0.29) is 17.3 Å². The second-order valence-electron chi connectivity index (χ2n) is 7.43. The molecule has 10 heteroatoms. The zero-order chi connectivity index (χ0) is 20.8. The van der Waals surface area contributed by atoms with Crippen LogP contribution in [0, 0.1) is 0 Å². The zero-order valence-electron chi connectivity index (χ0n) is 16.0. The first-order valence-corrected chi connectivity index (χ1v) is 9.27. The molecule has 0 aliphatic carbocycles. The van der Waals surface area contributed by atoms with Crippen molar-refractivity contribution in [2.75, 3.05) is 25.5 Å². The van der Waals surface area contributed by atoms with Crippen molar-refractivity contribution in [3.05, 3.63) is 30.1 Å². The minimum Gasteiger partial charge on any atom is -0.507 e. The van der Waals surface area contributed by atoms with Crippen LogP contribution in [0.4, 0.5) is 19.0 Å². The molecule has 1 fully saturated rings. The Morgan fingerprint density at radius 3 is 2.69 bits per heavy atom. The Balaban J connectivity index is 1.74. The summed E-state index contributed by atoms with van der Waals surface area (Å²) in [7, 11) is 3.88. The van der Waals surface area contributed by atoms with Crippen molar-refractivity contribution < 1.29 is 18.3 Å².